The molecule has 1 aromatic heterocycles. The van der Waals surface area contributed by atoms with Crippen LogP contribution in [0, 0.1) is 5.92 Å². The first-order chi connectivity index (χ1) is 16.1. The fraction of sp³-hybridized carbons (Fsp3) is 0.346. The number of aromatic nitrogens is 2. The quantitative estimate of drug-likeness (QED) is 0.601. The minimum absolute atomic E-state index is 0.103. The second-order valence-corrected chi connectivity index (χ2v) is 8.31. The lowest BCUT2D eigenvalue weighted by molar-refractivity contribution is -0.134. The highest BCUT2D eigenvalue weighted by molar-refractivity contribution is 5.93. The Hall–Kier alpha value is -3.61. The van der Waals surface area contributed by atoms with Gasteiger partial charge in [-0.1, -0.05) is 49.4 Å². The van der Waals surface area contributed by atoms with Crippen LogP contribution in [0.4, 0.5) is 0 Å². The number of methoxy groups -OCH3 is 1. The van der Waals surface area contributed by atoms with Gasteiger partial charge in [-0.2, -0.15) is 5.10 Å². The summed E-state index contributed by atoms with van der Waals surface area (Å²) in [5.74, 6) is 0.441. The van der Waals surface area contributed by atoms with Crippen LogP contribution in [0.3, 0.4) is 0 Å². The Balaban J connectivity index is 1.66. The summed E-state index contributed by atoms with van der Waals surface area (Å²) >= 11 is 0. The van der Waals surface area contributed by atoms with E-state index in [1.807, 2.05) is 41.3 Å². The van der Waals surface area contributed by atoms with Crippen molar-refractivity contribution < 1.29 is 14.3 Å². The van der Waals surface area contributed by atoms with E-state index in [1.165, 1.54) is 0 Å². The van der Waals surface area contributed by atoms with Gasteiger partial charge in [0.2, 0.25) is 5.91 Å². The van der Waals surface area contributed by atoms with Gasteiger partial charge in [0.05, 0.1) is 13.0 Å². The zero-order chi connectivity index (χ0) is 23.2. The summed E-state index contributed by atoms with van der Waals surface area (Å²) in [5.41, 5.74) is 3.54. The first kappa shape index (κ1) is 22.6. The summed E-state index contributed by atoms with van der Waals surface area (Å²) in [6.45, 7) is 4.18. The van der Waals surface area contributed by atoms with E-state index in [4.69, 9.17) is 4.74 Å². The van der Waals surface area contributed by atoms with E-state index in [0.29, 0.717) is 38.3 Å². The van der Waals surface area contributed by atoms with Gasteiger partial charge in [-0.05, 0) is 36.1 Å². The van der Waals surface area contributed by atoms with Gasteiger partial charge < -0.3 is 14.5 Å². The standard InChI is InChI=1S/C26H30N4O3/c1-3-14-29-15-16-30(26(32)23-12-13-27-28-23)18-20(25(29)31)17-19-8-4-5-9-21(19)22-10-6-7-11-24(22)33-2/h4-13,20H,3,14-18H2,1-2H3,(H,27,28). The van der Waals surface area contributed by atoms with Crippen LogP contribution in [0.25, 0.3) is 11.1 Å². The fourth-order valence-electron chi connectivity index (χ4n) is 4.51. The van der Waals surface area contributed by atoms with Crippen LogP contribution in [0.1, 0.15) is 29.4 Å². The third kappa shape index (κ3) is 4.92. The van der Waals surface area contributed by atoms with Crippen molar-refractivity contribution in [1.82, 2.24) is 20.0 Å². The van der Waals surface area contributed by atoms with Gasteiger partial charge in [0, 0.05) is 37.9 Å². The summed E-state index contributed by atoms with van der Waals surface area (Å²) in [6, 6.07) is 17.7. The van der Waals surface area contributed by atoms with Crippen molar-refractivity contribution in [2.24, 2.45) is 5.92 Å². The molecule has 7 nitrogen and oxygen atoms in total. The number of carbonyl (C=O) groups excluding carboxylic acids is 2. The molecule has 7 heteroatoms. The molecule has 2 aromatic carbocycles. The SMILES string of the molecule is CCCN1CCN(C(=O)c2ccn[nH]2)CC(Cc2ccccc2-c2ccccc2OC)C1=O. The number of nitrogens with zero attached hydrogens (tertiary/aromatic N) is 3. The lowest BCUT2D eigenvalue weighted by Crippen LogP contribution is -2.38. The predicted octanol–water partition coefficient (Wildman–Crippen LogP) is 3.64. The summed E-state index contributed by atoms with van der Waals surface area (Å²) in [7, 11) is 1.66. The molecule has 3 aromatic rings. The van der Waals surface area contributed by atoms with Gasteiger partial charge in [-0.25, -0.2) is 0 Å². The average Bonchev–Trinajstić information content (AvgIpc) is 3.34. The van der Waals surface area contributed by atoms with Gasteiger partial charge in [-0.3, -0.25) is 14.7 Å². The Morgan fingerprint density at radius 2 is 1.85 bits per heavy atom. The molecule has 2 amide bonds. The highest BCUT2D eigenvalue weighted by Gasteiger charge is 2.33. The van der Waals surface area contributed by atoms with Crippen molar-refractivity contribution in [3.8, 4) is 16.9 Å². The molecule has 1 N–H and O–H groups in total. The van der Waals surface area contributed by atoms with Gasteiger partial charge in [0.15, 0.2) is 0 Å². The van der Waals surface area contributed by atoms with Gasteiger partial charge in [0.1, 0.15) is 11.4 Å². The van der Waals surface area contributed by atoms with E-state index in [-0.39, 0.29) is 17.7 Å². The number of rotatable bonds is 7. The monoisotopic (exact) mass is 446 g/mol. The Bertz CT molecular complexity index is 1100. The van der Waals surface area contributed by atoms with Crippen LogP contribution < -0.4 is 4.74 Å². The van der Waals surface area contributed by atoms with Crippen LogP contribution in [0.2, 0.25) is 0 Å². The minimum Gasteiger partial charge on any atom is -0.496 e. The molecule has 33 heavy (non-hydrogen) atoms. The van der Waals surface area contributed by atoms with E-state index in [0.717, 1.165) is 28.9 Å². The first-order valence-electron chi connectivity index (χ1n) is 11.4. The average molecular weight is 447 g/mol. The van der Waals surface area contributed by atoms with Gasteiger partial charge in [0.25, 0.3) is 5.91 Å². The summed E-state index contributed by atoms with van der Waals surface area (Å²) < 4.78 is 5.59. The minimum atomic E-state index is -0.332. The van der Waals surface area contributed by atoms with E-state index >= 15 is 0 Å². The van der Waals surface area contributed by atoms with Crippen molar-refractivity contribution in [1.29, 1.82) is 0 Å². The van der Waals surface area contributed by atoms with Crippen LogP contribution in [-0.4, -0.2) is 65.1 Å². The number of benzene rings is 2. The van der Waals surface area contributed by atoms with Gasteiger partial charge in [-0.15, -0.1) is 0 Å². The number of ether oxygens (including phenoxy) is 1. The highest BCUT2D eigenvalue weighted by Crippen LogP contribution is 2.33. The third-order valence-corrected chi connectivity index (χ3v) is 6.13. The van der Waals surface area contributed by atoms with Crippen molar-refractivity contribution in [2.45, 2.75) is 19.8 Å². The molecular formula is C26H30N4O3. The Morgan fingerprint density at radius 1 is 1.09 bits per heavy atom. The molecule has 172 valence electrons. The summed E-state index contributed by atoms with van der Waals surface area (Å²) in [5, 5.41) is 6.66. The Kier molecular flexibility index (Phi) is 7.07. The van der Waals surface area contributed by atoms with Crippen molar-refractivity contribution >= 4 is 11.8 Å². The third-order valence-electron chi connectivity index (χ3n) is 6.13. The molecule has 0 radical (unpaired) electrons. The molecule has 0 bridgehead atoms. The molecule has 4 rings (SSSR count). The van der Waals surface area contributed by atoms with Crippen LogP contribution in [-0.2, 0) is 11.2 Å². The number of H-pyrrole nitrogens is 1. The topological polar surface area (TPSA) is 78.5 Å². The zero-order valence-electron chi connectivity index (χ0n) is 19.2. The van der Waals surface area contributed by atoms with Gasteiger partial charge >= 0.3 is 0 Å². The molecule has 2 heterocycles. The molecule has 1 atom stereocenters. The molecule has 1 aliphatic rings. The lowest BCUT2D eigenvalue weighted by atomic mass is 9.91. The largest absolute Gasteiger partial charge is 0.496 e. The molecule has 1 aliphatic heterocycles. The van der Waals surface area contributed by atoms with Crippen molar-refractivity contribution in [2.75, 3.05) is 33.3 Å². The normalized spacial score (nSPS) is 16.5. The molecule has 1 fully saturated rings. The van der Waals surface area contributed by atoms with Crippen LogP contribution in [0.15, 0.2) is 60.8 Å². The Labute approximate surface area is 194 Å². The molecule has 0 aliphatic carbocycles. The van der Waals surface area contributed by atoms with Crippen molar-refractivity contribution in [3.05, 3.63) is 72.1 Å². The number of nitrogens with one attached hydrogen (secondary N) is 1. The molecule has 0 saturated carbocycles. The number of aromatic amines is 1. The van der Waals surface area contributed by atoms with Crippen LogP contribution in [0.5, 0.6) is 5.75 Å². The Morgan fingerprint density at radius 3 is 2.58 bits per heavy atom. The molecule has 0 spiro atoms. The molecule has 1 unspecified atom stereocenters. The fourth-order valence-corrected chi connectivity index (χ4v) is 4.51. The zero-order valence-corrected chi connectivity index (χ0v) is 19.2. The second-order valence-electron chi connectivity index (χ2n) is 8.31. The van der Waals surface area contributed by atoms with E-state index in [1.54, 1.807) is 24.3 Å². The number of para-hydroxylation sites is 1. The number of hydrogen-bond donors (Lipinski definition) is 1. The van der Waals surface area contributed by atoms with E-state index in [2.05, 4.69) is 29.3 Å². The molecule has 1 saturated heterocycles. The summed E-state index contributed by atoms with van der Waals surface area (Å²) in [4.78, 5) is 30.2. The number of hydrogen-bond acceptors (Lipinski definition) is 4. The second kappa shape index (κ2) is 10.3. The number of amides is 2. The number of carbonyl (C=O) groups is 2. The predicted molar refractivity (Wildman–Crippen MR) is 127 cm³/mol. The van der Waals surface area contributed by atoms with E-state index < -0.39 is 0 Å². The lowest BCUT2D eigenvalue weighted by Gasteiger charge is -2.24. The molecular weight excluding hydrogens is 416 g/mol. The van der Waals surface area contributed by atoms with Crippen molar-refractivity contribution in [3.63, 3.8) is 0 Å². The van der Waals surface area contributed by atoms with Crippen LogP contribution >= 0.6 is 0 Å². The maximum atomic E-state index is 13.5. The maximum absolute atomic E-state index is 13.5. The maximum Gasteiger partial charge on any atom is 0.271 e. The van der Waals surface area contributed by atoms with E-state index in [9.17, 15) is 9.59 Å². The summed E-state index contributed by atoms with van der Waals surface area (Å²) in [6.07, 6.45) is 2.99. The smallest absolute Gasteiger partial charge is 0.271 e. The first-order valence-corrected chi connectivity index (χ1v) is 11.4. The highest BCUT2D eigenvalue weighted by atomic mass is 16.5.